The van der Waals surface area contributed by atoms with Crippen LogP contribution < -0.4 is 0 Å². The van der Waals surface area contributed by atoms with E-state index >= 15 is 0 Å². The third-order valence-electron chi connectivity index (χ3n) is 5.33. The first-order valence-electron chi connectivity index (χ1n) is 9.16. The van der Waals surface area contributed by atoms with Gasteiger partial charge in [0, 0.05) is 0 Å². The lowest BCUT2D eigenvalue weighted by atomic mass is 9.86. The molecule has 0 heterocycles. The van der Waals surface area contributed by atoms with Crippen LogP contribution in [0.25, 0.3) is 32.3 Å². The van der Waals surface area contributed by atoms with Gasteiger partial charge in [0.25, 0.3) is 0 Å². The molecule has 4 aromatic rings. The van der Waals surface area contributed by atoms with Gasteiger partial charge in [-0.15, -0.1) is 0 Å². The van der Waals surface area contributed by atoms with Gasteiger partial charge in [-0.05, 0) is 68.8 Å². The smallest absolute Gasteiger partial charge is 0.00703 e. The summed E-state index contributed by atoms with van der Waals surface area (Å²) in [5.74, 6) is 0.649. The maximum absolute atomic E-state index is 2.38. The molecule has 0 aliphatic rings. The number of hydrogen-bond donors (Lipinski definition) is 0. The Morgan fingerprint density at radius 3 is 2.17 bits per heavy atom. The standard InChI is InChI=1S/C24H24/c1-3-8-17(4-2)22-12-7-11-18-13-14-21-15-19-9-5-6-10-20(19)16-23(21)24(18)22/h5-7,9-17H,3-4,8H2,1-2H3. The monoisotopic (exact) mass is 312 g/mol. The van der Waals surface area contributed by atoms with Crippen LogP contribution in [0.1, 0.15) is 44.6 Å². The van der Waals surface area contributed by atoms with Crippen LogP contribution in [-0.2, 0) is 0 Å². The quantitative estimate of drug-likeness (QED) is 0.271. The Labute approximate surface area is 144 Å². The average Bonchev–Trinajstić information content (AvgIpc) is 2.64. The third-order valence-corrected chi connectivity index (χ3v) is 5.33. The van der Waals surface area contributed by atoms with Crippen molar-refractivity contribution >= 4 is 32.3 Å². The molecule has 4 aromatic carbocycles. The molecule has 0 heteroatoms. The molecule has 0 saturated heterocycles. The second-order valence-corrected chi connectivity index (χ2v) is 6.83. The molecule has 24 heavy (non-hydrogen) atoms. The van der Waals surface area contributed by atoms with Crippen molar-refractivity contribution in [3.05, 3.63) is 72.3 Å². The van der Waals surface area contributed by atoms with Crippen molar-refractivity contribution in [2.75, 3.05) is 0 Å². The van der Waals surface area contributed by atoms with Crippen molar-refractivity contribution in [3.8, 4) is 0 Å². The first-order valence-corrected chi connectivity index (χ1v) is 9.16. The van der Waals surface area contributed by atoms with Gasteiger partial charge in [-0.3, -0.25) is 0 Å². The normalized spacial score (nSPS) is 12.9. The van der Waals surface area contributed by atoms with Crippen LogP contribution in [0.15, 0.2) is 66.7 Å². The maximum Gasteiger partial charge on any atom is -0.00703 e. The summed E-state index contributed by atoms with van der Waals surface area (Å²) in [5.41, 5.74) is 1.53. The molecule has 0 fully saturated rings. The Hall–Kier alpha value is -2.34. The minimum atomic E-state index is 0.649. The largest absolute Gasteiger partial charge is 0.0654 e. The fourth-order valence-corrected chi connectivity index (χ4v) is 4.10. The van der Waals surface area contributed by atoms with E-state index < -0.39 is 0 Å². The Bertz CT molecular complexity index is 1010. The minimum Gasteiger partial charge on any atom is -0.0654 e. The minimum absolute atomic E-state index is 0.649. The summed E-state index contributed by atoms with van der Waals surface area (Å²) in [5, 5.41) is 8.22. The summed E-state index contributed by atoms with van der Waals surface area (Å²) in [7, 11) is 0. The SMILES string of the molecule is CCCC(CC)c1cccc2ccc3cc4ccccc4cc3c12. The Kier molecular flexibility index (Phi) is 3.98. The van der Waals surface area contributed by atoms with Gasteiger partial charge in [-0.25, -0.2) is 0 Å². The second kappa shape index (κ2) is 6.28. The van der Waals surface area contributed by atoms with Crippen molar-refractivity contribution in [2.45, 2.75) is 39.0 Å². The molecule has 0 N–H and O–H groups in total. The number of hydrogen-bond acceptors (Lipinski definition) is 0. The van der Waals surface area contributed by atoms with Gasteiger partial charge in [0.15, 0.2) is 0 Å². The highest BCUT2D eigenvalue weighted by Gasteiger charge is 2.14. The van der Waals surface area contributed by atoms with E-state index in [0.29, 0.717) is 5.92 Å². The van der Waals surface area contributed by atoms with E-state index in [0.717, 1.165) is 0 Å². The van der Waals surface area contributed by atoms with Crippen molar-refractivity contribution in [1.29, 1.82) is 0 Å². The highest BCUT2D eigenvalue weighted by molar-refractivity contribution is 6.13. The maximum atomic E-state index is 2.38. The molecule has 0 aliphatic carbocycles. The molecule has 1 atom stereocenters. The van der Waals surface area contributed by atoms with Gasteiger partial charge in [0.2, 0.25) is 0 Å². The van der Waals surface area contributed by atoms with E-state index in [1.807, 2.05) is 0 Å². The van der Waals surface area contributed by atoms with Crippen molar-refractivity contribution < 1.29 is 0 Å². The zero-order valence-electron chi connectivity index (χ0n) is 14.5. The lowest BCUT2D eigenvalue weighted by Gasteiger charge is -2.18. The summed E-state index contributed by atoms with van der Waals surface area (Å²) in [6, 6.07) is 24.8. The summed E-state index contributed by atoms with van der Waals surface area (Å²) in [6.45, 7) is 4.61. The van der Waals surface area contributed by atoms with E-state index in [9.17, 15) is 0 Å². The summed E-state index contributed by atoms with van der Waals surface area (Å²) < 4.78 is 0. The Balaban J connectivity index is 2.09. The molecule has 0 aliphatic heterocycles. The Morgan fingerprint density at radius 1 is 0.708 bits per heavy atom. The number of rotatable bonds is 4. The second-order valence-electron chi connectivity index (χ2n) is 6.83. The molecule has 4 rings (SSSR count). The molecule has 0 saturated carbocycles. The van der Waals surface area contributed by atoms with Crippen LogP contribution >= 0.6 is 0 Å². The summed E-state index contributed by atoms with van der Waals surface area (Å²) in [6.07, 6.45) is 3.71. The molecule has 0 spiro atoms. The van der Waals surface area contributed by atoms with E-state index in [-0.39, 0.29) is 0 Å². The van der Waals surface area contributed by atoms with E-state index in [2.05, 4.69) is 80.6 Å². The highest BCUT2D eigenvalue weighted by atomic mass is 14.2. The fourth-order valence-electron chi connectivity index (χ4n) is 4.10. The molecule has 0 nitrogen and oxygen atoms in total. The molecular weight excluding hydrogens is 288 g/mol. The van der Waals surface area contributed by atoms with Crippen LogP contribution in [0.4, 0.5) is 0 Å². The molecule has 1 unspecified atom stereocenters. The van der Waals surface area contributed by atoms with Crippen LogP contribution in [0.2, 0.25) is 0 Å². The third kappa shape index (κ3) is 2.47. The first kappa shape index (κ1) is 15.2. The van der Waals surface area contributed by atoms with Gasteiger partial charge in [0.05, 0.1) is 0 Å². The fraction of sp³-hybridized carbons (Fsp3) is 0.250. The molecule has 120 valence electrons. The van der Waals surface area contributed by atoms with Gasteiger partial charge < -0.3 is 0 Å². The van der Waals surface area contributed by atoms with Crippen LogP contribution in [0.3, 0.4) is 0 Å². The van der Waals surface area contributed by atoms with Crippen molar-refractivity contribution in [2.24, 2.45) is 0 Å². The van der Waals surface area contributed by atoms with E-state index in [4.69, 9.17) is 0 Å². The van der Waals surface area contributed by atoms with E-state index in [1.165, 1.54) is 57.1 Å². The van der Waals surface area contributed by atoms with Crippen molar-refractivity contribution in [1.82, 2.24) is 0 Å². The topological polar surface area (TPSA) is 0 Å². The molecule has 0 bridgehead atoms. The molecular formula is C24H24. The van der Waals surface area contributed by atoms with Gasteiger partial charge >= 0.3 is 0 Å². The lowest BCUT2D eigenvalue weighted by Crippen LogP contribution is -1.98. The van der Waals surface area contributed by atoms with Crippen molar-refractivity contribution in [3.63, 3.8) is 0 Å². The van der Waals surface area contributed by atoms with Gasteiger partial charge in [-0.2, -0.15) is 0 Å². The number of fused-ring (bicyclic) bond motifs is 4. The van der Waals surface area contributed by atoms with Crippen LogP contribution in [0.5, 0.6) is 0 Å². The zero-order valence-corrected chi connectivity index (χ0v) is 14.5. The van der Waals surface area contributed by atoms with Gasteiger partial charge in [-0.1, -0.05) is 74.9 Å². The molecule has 0 radical (unpaired) electrons. The predicted molar refractivity (Wildman–Crippen MR) is 107 cm³/mol. The predicted octanol–water partition coefficient (Wildman–Crippen LogP) is 7.44. The summed E-state index contributed by atoms with van der Waals surface area (Å²) >= 11 is 0. The van der Waals surface area contributed by atoms with Crippen LogP contribution in [0, 0.1) is 0 Å². The highest BCUT2D eigenvalue weighted by Crippen LogP contribution is 2.36. The first-order chi connectivity index (χ1) is 11.8. The molecule has 0 aromatic heterocycles. The lowest BCUT2D eigenvalue weighted by molar-refractivity contribution is 0.600. The average molecular weight is 312 g/mol. The summed E-state index contributed by atoms with van der Waals surface area (Å²) in [4.78, 5) is 0. The molecule has 0 amide bonds. The number of benzene rings is 4. The van der Waals surface area contributed by atoms with E-state index in [1.54, 1.807) is 0 Å². The zero-order chi connectivity index (χ0) is 16.5. The van der Waals surface area contributed by atoms with Crippen LogP contribution in [-0.4, -0.2) is 0 Å². The Morgan fingerprint density at radius 2 is 1.42 bits per heavy atom. The van der Waals surface area contributed by atoms with Gasteiger partial charge in [0.1, 0.15) is 0 Å².